The Morgan fingerprint density at radius 3 is 2.62 bits per heavy atom. The van der Waals surface area contributed by atoms with Crippen molar-refractivity contribution in [3.05, 3.63) is 0 Å². The van der Waals surface area contributed by atoms with Crippen LogP contribution in [0.2, 0.25) is 0 Å². The first-order valence-corrected chi connectivity index (χ1v) is 7.19. The number of carbonyl (C=O) groups excluding carboxylic acids is 1. The van der Waals surface area contributed by atoms with Gasteiger partial charge in [0.15, 0.2) is 5.17 Å². The lowest BCUT2D eigenvalue weighted by atomic mass is 9.96. The average Bonchev–Trinajstić information content (AvgIpc) is 2.61. The molecule has 1 aliphatic carbocycles. The Labute approximate surface area is 102 Å². The van der Waals surface area contributed by atoms with Crippen molar-refractivity contribution in [2.45, 2.75) is 58.0 Å². The molecule has 1 saturated carbocycles. The topological polar surface area (TPSA) is 32.7 Å². The van der Waals surface area contributed by atoms with Crippen LogP contribution in [0.3, 0.4) is 0 Å². The lowest BCUT2D eigenvalue weighted by Crippen LogP contribution is -2.36. The van der Waals surface area contributed by atoms with Gasteiger partial charge < -0.3 is 0 Å². The maximum Gasteiger partial charge on any atom is 0.239 e. The maximum absolute atomic E-state index is 11.7. The molecule has 3 nitrogen and oxygen atoms in total. The molecule has 1 aliphatic heterocycles. The van der Waals surface area contributed by atoms with Gasteiger partial charge in [-0.2, -0.15) is 0 Å². The van der Waals surface area contributed by atoms with Gasteiger partial charge in [-0.3, -0.25) is 14.7 Å². The smallest absolute Gasteiger partial charge is 0.239 e. The summed E-state index contributed by atoms with van der Waals surface area (Å²) in [4.78, 5) is 18.3. The molecular formula is C12H20N2OS. The molecule has 1 amide bonds. The molecule has 0 radical (unpaired) electrons. The minimum atomic E-state index is 0.217. The van der Waals surface area contributed by atoms with E-state index in [9.17, 15) is 4.79 Å². The van der Waals surface area contributed by atoms with E-state index in [1.54, 1.807) is 11.8 Å². The first-order chi connectivity index (χ1) is 7.68. The van der Waals surface area contributed by atoms with Crippen molar-refractivity contribution < 1.29 is 4.79 Å². The van der Waals surface area contributed by atoms with Crippen molar-refractivity contribution in [1.82, 2.24) is 4.90 Å². The fourth-order valence-electron chi connectivity index (χ4n) is 2.35. The summed E-state index contributed by atoms with van der Waals surface area (Å²) >= 11 is 1.61. The predicted molar refractivity (Wildman–Crippen MR) is 68.7 cm³/mol. The molecule has 1 heterocycles. The van der Waals surface area contributed by atoms with Crippen LogP contribution in [0.1, 0.15) is 46.0 Å². The standard InChI is InChI=1S/C12H20N2OS/c1-9(2)14-11(15)8-16-12(14)13-10-6-4-3-5-7-10/h9-10H,3-8H2,1-2H3. The molecular weight excluding hydrogens is 220 g/mol. The number of rotatable bonds is 2. The monoisotopic (exact) mass is 240 g/mol. The zero-order valence-electron chi connectivity index (χ0n) is 10.1. The summed E-state index contributed by atoms with van der Waals surface area (Å²) in [6, 6.07) is 0.702. The number of thioether (sulfide) groups is 1. The fraction of sp³-hybridized carbons (Fsp3) is 0.833. The van der Waals surface area contributed by atoms with E-state index in [2.05, 4.69) is 13.8 Å². The summed E-state index contributed by atoms with van der Waals surface area (Å²) in [5, 5.41) is 0.965. The minimum absolute atomic E-state index is 0.217. The van der Waals surface area contributed by atoms with Crippen LogP contribution >= 0.6 is 11.8 Å². The molecule has 0 atom stereocenters. The van der Waals surface area contributed by atoms with E-state index in [0.29, 0.717) is 11.8 Å². The van der Waals surface area contributed by atoms with Gasteiger partial charge in [0.05, 0.1) is 11.8 Å². The van der Waals surface area contributed by atoms with Gasteiger partial charge in [-0.25, -0.2) is 0 Å². The molecule has 0 aromatic carbocycles. The van der Waals surface area contributed by atoms with Crippen LogP contribution < -0.4 is 0 Å². The number of aliphatic imine (C=N–C) groups is 1. The Balaban J connectivity index is 2.06. The third-order valence-corrected chi connectivity index (χ3v) is 4.14. The van der Waals surface area contributed by atoms with Crippen molar-refractivity contribution in [3.8, 4) is 0 Å². The number of amidine groups is 1. The van der Waals surface area contributed by atoms with E-state index >= 15 is 0 Å². The van der Waals surface area contributed by atoms with Crippen molar-refractivity contribution in [1.29, 1.82) is 0 Å². The second kappa shape index (κ2) is 5.21. The summed E-state index contributed by atoms with van der Waals surface area (Å²) < 4.78 is 0. The molecule has 16 heavy (non-hydrogen) atoms. The van der Waals surface area contributed by atoms with Crippen LogP contribution in [0.4, 0.5) is 0 Å². The molecule has 0 bridgehead atoms. The van der Waals surface area contributed by atoms with Crippen LogP contribution in [0.25, 0.3) is 0 Å². The van der Waals surface area contributed by atoms with E-state index in [4.69, 9.17) is 4.99 Å². The van der Waals surface area contributed by atoms with E-state index in [0.717, 1.165) is 5.17 Å². The number of nitrogens with zero attached hydrogens (tertiary/aromatic N) is 2. The van der Waals surface area contributed by atoms with Gasteiger partial charge in [-0.1, -0.05) is 31.0 Å². The highest BCUT2D eigenvalue weighted by molar-refractivity contribution is 8.15. The predicted octanol–water partition coefficient (Wildman–Crippen LogP) is 2.66. The van der Waals surface area contributed by atoms with E-state index < -0.39 is 0 Å². The van der Waals surface area contributed by atoms with E-state index in [-0.39, 0.29) is 11.9 Å². The van der Waals surface area contributed by atoms with Crippen LogP contribution in [0.15, 0.2) is 4.99 Å². The molecule has 0 aromatic rings. The second-order valence-electron chi connectivity index (χ2n) is 4.85. The highest BCUT2D eigenvalue weighted by Crippen LogP contribution is 2.26. The highest BCUT2D eigenvalue weighted by atomic mass is 32.2. The van der Waals surface area contributed by atoms with Crippen molar-refractivity contribution in [3.63, 3.8) is 0 Å². The molecule has 0 N–H and O–H groups in total. The molecule has 0 spiro atoms. The van der Waals surface area contributed by atoms with E-state index in [1.165, 1.54) is 32.1 Å². The van der Waals surface area contributed by atoms with Crippen LogP contribution in [0.5, 0.6) is 0 Å². The van der Waals surface area contributed by atoms with Crippen LogP contribution in [-0.4, -0.2) is 33.8 Å². The SMILES string of the molecule is CC(C)N1C(=O)CSC1=NC1CCCCC1. The Hall–Kier alpha value is -0.510. The van der Waals surface area contributed by atoms with Gasteiger partial charge in [-0.15, -0.1) is 0 Å². The van der Waals surface area contributed by atoms with E-state index in [1.807, 2.05) is 4.90 Å². The summed E-state index contributed by atoms with van der Waals surface area (Å²) in [6.07, 6.45) is 6.33. The Bertz CT molecular complexity index is 295. The van der Waals surface area contributed by atoms with Gasteiger partial charge in [0, 0.05) is 6.04 Å². The Morgan fingerprint density at radius 2 is 2.00 bits per heavy atom. The molecule has 2 rings (SSSR count). The maximum atomic E-state index is 11.7. The van der Waals surface area contributed by atoms with Crippen molar-refractivity contribution in [2.24, 2.45) is 4.99 Å². The Morgan fingerprint density at radius 1 is 1.31 bits per heavy atom. The van der Waals surface area contributed by atoms with Gasteiger partial charge in [0.25, 0.3) is 0 Å². The molecule has 0 aromatic heterocycles. The first-order valence-electron chi connectivity index (χ1n) is 6.21. The quantitative estimate of drug-likeness (QED) is 0.743. The summed E-state index contributed by atoms with van der Waals surface area (Å²) in [5.41, 5.74) is 0. The molecule has 2 fully saturated rings. The summed E-state index contributed by atoms with van der Waals surface area (Å²) in [7, 11) is 0. The molecule has 4 heteroatoms. The average molecular weight is 240 g/mol. The largest absolute Gasteiger partial charge is 0.288 e. The van der Waals surface area contributed by atoms with Gasteiger partial charge >= 0.3 is 0 Å². The molecule has 2 aliphatic rings. The van der Waals surface area contributed by atoms with Gasteiger partial charge in [0.2, 0.25) is 5.91 Å². The van der Waals surface area contributed by atoms with Crippen LogP contribution in [0, 0.1) is 0 Å². The summed E-state index contributed by atoms with van der Waals surface area (Å²) in [6.45, 7) is 4.11. The first kappa shape index (κ1) is 12.0. The number of hydrogen-bond acceptors (Lipinski definition) is 3. The van der Waals surface area contributed by atoms with Crippen molar-refractivity contribution in [2.75, 3.05) is 5.75 Å². The Kier molecular flexibility index (Phi) is 3.90. The van der Waals surface area contributed by atoms with Crippen LogP contribution in [-0.2, 0) is 4.79 Å². The second-order valence-corrected chi connectivity index (χ2v) is 5.79. The number of amides is 1. The molecule has 0 unspecified atom stereocenters. The van der Waals surface area contributed by atoms with Crippen molar-refractivity contribution >= 4 is 22.8 Å². The van der Waals surface area contributed by atoms with Gasteiger partial charge in [0.1, 0.15) is 0 Å². The normalized spacial score (nSPS) is 26.1. The highest BCUT2D eigenvalue weighted by Gasteiger charge is 2.30. The lowest BCUT2D eigenvalue weighted by molar-refractivity contribution is -0.125. The fourth-order valence-corrected chi connectivity index (χ4v) is 3.41. The lowest BCUT2D eigenvalue weighted by Gasteiger charge is -2.23. The molecule has 1 saturated heterocycles. The summed E-state index contributed by atoms with van der Waals surface area (Å²) in [5.74, 6) is 0.790. The zero-order valence-corrected chi connectivity index (χ0v) is 10.9. The van der Waals surface area contributed by atoms with Gasteiger partial charge in [-0.05, 0) is 26.7 Å². The third kappa shape index (κ3) is 2.59. The third-order valence-electron chi connectivity index (χ3n) is 3.18. The minimum Gasteiger partial charge on any atom is -0.288 e. The zero-order chi connectivity index (χ0) is 11.5. The molecule has 90 valence electrons. The number of hydrogen-bond donors (Lipinski definition) is 0. The number of carbonyl (C=O) groups is 1.